The molecule has 0 saturated carbocycles. The Labute approximate surface area is 170 Å². The topological polar surface area (TPSA) is 62.5 Å². The maximum absolute atomic E-state index is 12.7. The van der Waals surface area contributed by atoms with E-state index in [-0.39, 0.29) is 11.9 Å². The number of carbonyl (C=O) groups is 1. The average molecular weight is 387 g/mol. The van der Waals surface area contributed by atoms with Crippen molar-refractivity contribution in [2.24, 2.45) is 12.1 Å². The molecule has 0 bridgehead atoms. The number of rotatable bonds is 7. The monoisotopic (exact) mass is 387 g/mol. The number of benzene rings is 2. The van der Waals surface area contributed by atoms with Crippen LogP contribution in [0.15, 0.2) is 78.2 Å². The SMILES string of the molecule is Cn1cc(CCCNC(=O)C2=NN(c3ccccc3)C(c3ccccc3)C2)cn1. The van der Waals surface area contributed by atoms with Gasteiger partial charge in [-0.2, -0.15) is 10.2 Å². The normalized spacial score (nSPS) is 16.0. The van der Waals surface area contributed by atoms with Gasteiger partial charge in [0.1, 0.15) is 5.71 Å². The van der Waals surface area contributed by atoms with Gasteiger partial charge in [-0.3, -0.25) is 14.5 Å². The van der Waals surface area contributed by atoms with Gasteiger partial charge in [0.2, 0.25) is 0 Å². The number of nitrogens with zero attached hydrogens (tertiary/aromatic N) is 4. The molecule has 29 heavy (non-hydrogen) atoms. The van der Waals surface area contributed by atoms with E-state index < -0.39 is 0 Å². The summed E-state index contributed by atoms with van der Waals surface area (Å²) in [6, 6.07) is 20.3. The quantitative estimate of drug-likeness (QED) is 0.632. The first kappa shape index (κ1) is 18.9. The molecule has 0 aliphatic carbocycles. The summed E-state index contributed by atoms with van der Waals surface area (Å²) in [4.78, 5) is 12.7. The predicted molar refractivity (Wildman–Crippen MR) is 115 cm³/mol. The van der Waals surface area contributed by atoms with E-state index in [2.05, 4.69) is 27.6 Å². The molecule has 1 N–H and O–H groups in total. The van der Waals surface area contributed by atoms with Crippen molar-refractivity contribution in [1.82, 2.24) is 15.1 Å². The number of anilines is 1. The van der Waals surface area contributed by atoms with Crippen molar-refractivity contribution in [2.45, 2.75) is 25.3 Å². The van der Waals surface area contributed by atoms with Crippen LogP contribution in [0.4, 0.5) is 5.69 Å². The first-order chi connectivity index (χ1) is 14.2. The Morgan fingerprint density at radius 1 is 1.10 bits per heavy atom. The van der Waals surface area contributed by atoms with Crippen LogP contribution in [0, 0.1) is 0 Å². The molecule has 1 aromatic heterocycles. The Morgan fingerprint density at radius 2 is 1.83 bits per heavy atom. The first-order valence-electron chi connectivity index (χ1n) is 9.93. The molecule has 0 saturated heterocycles. The minimum atomic E-state index is -0.0875. The van der Waals surface area contributed by atoms with E-state index in [0.29, 0.717) is 18.7 Å². The van der Waals surface area contributed by atoms with E-state index in [1.54, 1.807) is 4.68 Å². The molecule has 148 valence electrons. The van der Waals surface area contributed by atoms with Crippen molar-refractivity contribution in [3.8, 4) is 0 Å². The lowest BCUT2D eigenvalue weighted by Gasteiger charge is -2.23. The van der Waals surface area contributed by atoms with Crippen LogP contribution >= 0.6 is 0 Å². The van der Waals surface area contributed by atoms with Crippen LogP contribution in [-0.4, -0.2) is 27.9 Å². The van der Waals surface area contributed by atoms with Gasteiger partial charge in [-0.1, -0.05) is 48.5 Å². The minimum Gasteiger partial charge on any atom is -0.351 e. The van der Waals surface area contributed by atoms with Crippen LogP contribution in [-0.2, 0) is 18.3 Å². The zero-order valence-electron chi connectivity index (χ0n) is 16.5. The minimum absolute atomic E-state index is 0.0229. The highest BCUT2D eigenvalue weighted by Gasteiger charge is 2.32. The van der Waals surface area contributed by atoms with Crippen LogP contribution in [0.25, 0.3) is 0 Å². The molecule has 6 nitrogen and oxygen atoms in total. The highest BCUT2D eigenvalue weighted by molar-refractivity contribution is 6.39. The molecule has 1 aliphatic heterocycles. The van der Waals surface area contributed by atoms with Gasteiger partial charge in [0.15, 0.2) is 0 Å². The van der Waals surface area contributed by atoms with Crippen molar-refractivity contribution in [1.29, 1.82) is 0 Å². The third kappa shape index (κ3) is 4.54. The molecule has 0 radical (unpaired) electrons. The number of hydrogen-bond acceptors (Lipinski definition) is 4. The molecular weight excluding hydrogens is 362 g/mol. The number of amides is 1. The highest BCUT2D eigenvalue weighted by atomic mass is 16.2. The Bertz CT molecular complexity index is 981. The lowest BCUT2D eigenvalue weighted by Crippen LogP contribution is -2.31. The number of aromatic nitrogens is 2. The van der Waals surface area contributed by atoms with Gasteiger partial charge in [-0.05, 0) is 36.1 Å². The van der Waals surface area contributed by atoms with Crippen LogP contribution in [0.2, 0.25) is 0 Å². The van der Waals surface area contributed by atoms with Gasteiger partial charge >= 0.3 is 0 Å². The number of carbonyl (C=O) groups excluding carboxylic acids is 1. The van der Waals surface area contributed by atoms with E-state index in [1.165, 1.54) is 5.56 Å². The summed E-state index contributed by atoms with van der Waals surface area (Å²) < 4.78 is 1.79. The van der Waals surface area contributed by atoms with Crippen LogP contribution in [0.5, 0.6) is 0 Å². The molecule has 1 aliphatic rings. The average Bonchev–Trinajstić information content (AvgIpc) is 3.39. The summed E-state index contributed by atoms with van der Waals surface area (Å²) in [6.45, 7) is 0.619. The molecule has 1 unspecified atom stereocenters. The smallest absolute Gasteiger partial charge is 0.267 e. The number of hydrazone groups is 1. The zero-order chi connectivity index (χ0) is 20.1. The molecule has 1 amide bonds. The fraction of sp³-hybridized carbons (Fsp3) is 0.261. The van der Waals surface area contributed by atoms with Crippen molar-refractivity contribution < 1.29 is 4.79 Å². The van der Waals surface area contributed by atoms with Crippen LogP contribution in [0.1, 0.15) is 30.0 Å². The summed E-state index contributed by atoms with van der Waals surface area (Å²) in [5, 5.41) is 13.8. The second kappa shape index (κ2) is 8.73. The summed E-state index contributed by atoms with van der Waals surface area (Å²) >= 11 is 0. The van der Waals surface area contributed by atoms with E-state index in [0.717, 1.165) is 24.1 Å². The molecule has 4 rings (SSSR count). The number of hydrogen-bond donors (Lipinski definition) is 1. The standard InChI is InChI=1S/C23H25N5O/c1-27-17-18(16-25-27)9-8-14-24-23(29)21-15-22(19-10-4-2-5-11-19)28(26-21)20-12-6-3-7-13-20/h2-7,10-13,16-17,22H,8-9,14-15H2,1H3,(H,24,29). The van der Waals surface area contributed by atoms with E-state index in [9.17, 15) is 4.79 Å². The van der Waals surface area contributed by atoms with E-state index >= 15 is 0 Å². The molecule has 3 aromatic rings. The Hall–Kier alpha value is -3.41. The van der Waals surface area contributed by atoms with Crippen molar-refractivity contribution >= 4 is 17.3 Å². The van der Waals surface area contributed by atoms with Gasteiger partial charge in [0.05, 0.1) is 17.9 Å². The third-order valence-corrected chi connectivity index (χ3v) is 5.06. The van der Waals surface area contributed by atoms with E-state index in [1.807, 2.05) is 73.0 Å². The first-order valence-corrected chi connectivity index (χ1v) is 9.93. The summed E-state index contributed by atoms with van der Waals surface area (Å²) in [7, 11) is 1.91. The Kier molecular flexibility index (Phi) is 5.70. The second-order valence-electron chi connectivity index (χ2n) is 7.24. The molecule has 0 spiro atoms. The number of aryl methyl sites for hydroxylation is 2. The van der Waals surface area contributed by atoms with Gasteiger partial charge < -0.3 is 5.32 Å². The van der Waals surface area contributed by atoms with Gasteiger partial charge in [0.25, 0.3) is 5.91 Å². The Morgan fingerprint density at radius 3 is 2.52 bits per heavy atom. The van der Waals surface area contributed by atoms with Crippen molar-refractivity contribution in [3.05, 3.63) is 84.2 Å². The maximum Gasteiger partial charge on any atom is 0.267 e. The van der Waals surface area contributed by atoms with E-state index in [4.69, 9.17) is 0 Å². The number of para-hydroxylation sites is 1. The van der Waals surface area contributed by atoms with Crippen LogP contribution < -0.4 is 10.3 Å². The Balaban J connectivity index is 1.41. The number of nitrogens with one attached hydrogen (secondary N) is 1. The molecule has 2 aromatic carbocycles. The third-order valence-electron chi connectivity index (χ3n) is 5.06. The summed E-state index contributed by atoms with van der Waals surface area (Å²) in [6.07, 6.45) is 6.22. The molecule has 1 atom stereocenters. The lowest BCUT2D eigenvalue weighted by molar-refractivity contribution is -0.114. The predicted octanol–water partition coefficient (Wildman–Crippen LogP) is 3.48. The summed E-state index contributed by atoms with van der Waals surface area (Å²) in [5.41, 5.74) is 3.89. The van der Waals surface area contributed by atoms with Crippen LogP contribution in [0.3, 0.4) is 0 Å². The summed E-state index contributed by atoms with van der Waals surface area (Å²) in [5.74, 6) is -0.0875. The van der Waals surface area contributed by atoms with Crippen molar-refractivity contribution in [2.75, 3.05) is 11.6 Å². The largest absolute Gasteiger partial charge is 0.351 e. The lowest BCUT2D eigenvalue weighted by atomic mass is 10.0. The maximum atomic E-state index is 12.7. The molecule has 6 heteroatoms. The van der Waals surface area contributed by atoms with Gasteiger partial charge in [-0.15, -0.1) is 0 Å². The van der Waals surface area contributed by atoms with Gasteiger partial charge in [0, 0.05) is 26.2 Å². The molecule has 2 heterocycles. The fourth-order valence-corrected chi connectivity index (χ4v) is 3.60. The van der Waals surface area contributed by atoms with Crippen molar-refractivity contribution in [3.63, 3.8) is 0 Å². The second-order valence-corrected chi connectivity index (χ2v) is 7.24. The van der Waals surface area contributed by atoms with Gasteiger partial charge in [-0.25, -0.2) is 0 Å². The molecular formula is C23H25N5O. The molecule has 0 fully saturated rings. The fourth-order valence-electron chi connectivity index (χ4n) is 3.60. The zero-order valence-corrected chi connectivity index (χ0v) is 16.5. The highest BCUT2D eigenvalue weighted by Crippen LogP contribution is 2.34.